The number of carbonyl (C=O) groups is 2. The van der Waals surface area contributed by atoms with Crippen LogP contribution in [0.3, 0.4) is 0 Å². The van der Waals surface area contributed by atoms with Gasteiger partial charge in [-0.2, -0.15) is 0 Å². The first-order valence-corrected chi connectivity index (χ1v) is 8.94. The van der Waals surface area contributed by atoms with Crippen LogP contribution in [0.25, 0.3) is 0 Å². The van der Waals surface area contributed by atoms with Crippen molar-refractivity contribution in [3.05, 3.63) is 0 Å². The third-order valence-electron chi connectivity index (χ3n) is 3.37. The SMILES string of the molecule is CC1SSC(C)C1CC(C)(C)OC(=O)N[C@H](C)C(=O)O. The maximum Gasteiger partial charge on any atom is 0.408 e. The van der Waals surface area contributed by atoms with Gasteiger partial charge >= 0.3 is 12.1 Å². The van der Waals surface area contributed by atoms with Crippen molar-refractivity contribution in [1.82, 2.24) is 5.32 Å². The lowest BCUT2D eigenvalue weighted by atomic mass is 9.89. The Bertz CT molecular complexity index is 365. The predicted octanol–water partition coefficient (Wildman–Crippen LogP) is 3.14. The van der Waals surface area contributed by atoms with Crippen molar-refractivity contribution in [3.8, 4) is 0 Å². The van der Waals surface area contributed by atoms with Crippen molar-refractivity contribution < 1.29 is 19.4 Å². The van der Waals surface area contributed by atoms with Crippen LogP contribution in [0.1, 0.15) is 41.0 Å². The molecule has 1 aliphatic heterocycles. The molecular weight excluding hydrogens is 298 g/mol. The van der Waals surface area contributed by atoms with Gasteiger partial charge in [0.25, 0.3) is 0 Å². The Morgan fingerprint density at radius 3 is 2.25 bits per heavy atom. The Morgan fingerprint density at radius 1 is 1.30 bits per heavy atom. The van der Waals surface area contributed by atoms with E-state index in [9.17, 15) is 9.59 Å². The summed E-state index contributed by atoms with van der Waals surface area (Å²) in [5.74, 6) is -0.602. The highest BCUT2D eigenvalue weighted by Gasteiger charge is 2.38. The molecule has 0 aromatic carbocycles. The zero-order chi connectivity index (χ0) is 15.5. The van der Waals surface area contributed by atoms with E-state index in [0.717, 1.165) is 6.42 Å². The van der Waals surface area contributed by atoms with Crippen molar-refractivity contribution in [2.75, 3.05) is 0 Å². The molecule has 0 spiro atoms. The van der Waals surface area contributed by atoms with Gasteiger partial charge in [0.05, 0.1) is 0 Å². The minimum absolute atomic E-state index is 0.477. The molecule has 2 N–H and O–H groups in total. The number of rotatable bonds is 5. The van der Waals surface area contributed by atoms with E-state index in [2.05, 4.69) is 19.2 Å². The fourth-order valence-corrected chi connectivity index (χ4v) is 5.47. The van der Waals surface area contributed by atoms with Crippen LogP contribution in [0, 0.1) is 5.92 Å². The normalized spacial score (nSPS) is 27.9. The third-order valence-corrected chi connectivity index (χ3v) is 6.94. The van der Waals surface area contributed by atoms with E-state index in [1.54, 1.807) is 0 Å². The molecule has 116 valence electrons. The Balaban J connectivity index is 2.52. The summed E-state index contributed by atoms with van der Waals surface area (Å²) in [6, 6.07) is -0.950. The number of amides is 1. The van der Waals surface area contributed by atoms with Gasteiger partial charge in [0, 0.05) is 10.5 Å². The van der Waals surface area contributed by atoms with Gasteiger partial charge in [0.15, 0.2) is 0 Å². The Labute approximate surface area is 128 Å². The van der Waals surface area contributed by atoms with E-state index in [-0.39, 0.29) is 0 Å². The molecule has 7 heteroatoms. The highest BCUT2D eigenvalue weighted by Crippen LogP contribution is 2.49. The molecule has 0 aliphatic carbocycles. The Kier molecular flexibility index (Phi) is 6.06. The summed E-state index contributed by atoms with van der Waals surface area (Å²) < 4.78 is 5.39. The molecule has 0 bridgehead atoms. The van der Waals surface area contributed by atoms with Crippen LogP contribution in [-0.4, -0.2) is 39.3 Å². The first-order valence-electron chi connectivity index (χ1n) is 6.67. The summed E-state index contributed by atoms with van der Waals surface area (Å²) in [6.07, 6.45) is 0.0908. The molecule has 1 heterocycles. The average Bonchev–Trinajstić information content (AvgIpc) is 2.59. The average molecular weight is 321 g/mol. The monoisotopic (exact) mass is 321 g/mol. The van der Waals surface area contributed by atoms with Crippen molar-refractivity contribution in [1.29, 1.82) is 0 Å². The highest BCUT2D eigenvalue weighted by atomic mass is 33.1. The first-order chi connectivity index (χ1) is 9.12. The Morgan fingerprint density at radius 2 is 1.80 bits per heavy atom. The standard InChI is InChI=1S/C13H23NO4S2/c1-7(11(15)16)14-12(17)18-13(4,5)6-10-8(2)19-20-9(10)3/h7-10H,6H2,1-5H3,(H,14,17)(H,15,16)/t7-,8?,9?,10?/m1/s1. The minimum Gasteiger partial charge on any atom is -0.480 e. The lowest BCUT2D eigenvalue weighted by Crippen LogP contribution is -2.43. The lowest BCUT2D eigenvalue weighted by molar-refractivity contribution is -0.139. The molecule has 0 aromatic rings. The molecule has 3 atom stereocenters. The van der Waals surface area contributed by atoms with Crippen LogP contribution in [0.4, 0.5) is 4.79 Å². The van der Waals surface area contributed by atoms with Crippen LogP contribution >= 0.6 is 21.6 Å². The quantitative estimate of drug-likeness (QED) is 0.758. The number of ether oxygens (including phenoxy) is 1. The van der Waals surface area contributed by atoms with E-state index in [0.29, 0.717) is 16.4 Å². The van der Waals surface area contributed by atoms with Crippen LogP contribution in [0.5, 0.6) is 0 Å². The van der Waals surface area contributed by atoms with Crippen molar-refractivity contribution in [2.24, 2.45) is 5.92 Å². The van der Waals surface area contributed by atoms with E-state index in [1.165, 1.54) is 6.92 Å². The third kappa shape index (κ3) is 5.09. The summed E-state index contributed by atoms with van der Waals surface area (Å²) in [6.45, 7) is 9.52. The van der Waals surface area contributed by atoms with E-state index in [1.807, 2.05) is 35.4 Å². The van der Waals surface area contributed by atoms with Gasteiger partial charge in [-0.25, -0.2) is 4.79 Å². The van der Waals surface area contributed by atoms with Gasteiger partial charge in [-0.05, 0) is 33.1 Å². The Hall–Kier alpha value is -0.560. The van der Waals surface area contributed by atoms with Crippen molar-refractivity contribution in [2.45, 2.75) is 63.2 Å². The zero-order valence-corrected chi connectivity index (χ0v) is 14.1. The lowest BCUT2D eigenvalue weighted by Gasteiger charge is -2.31. The van der Waals surface area contributed by atoms with Crippen LogP contribution in [-0.2, 0) is 9.53 Å². The second-order valence-electron chi connectivity index (χ2n) is 5.82. The number of hydrogen-bond donors (Lipinski definition) is 2. The smallest absolute Gasteiger partial charge is 0.408 e. The zero-order valence-electron chi connectivity index (χ0n) is 12.5. The van der Waals surface area contributed by atoms with Gasteiger partial charge in [-0.1, -0.05) is 35.4 Å². The summed E-state index contributed by atoms with van der Waals surface area (Å²) in [7, 11) is 3.74. The molecular formula is C13H23NO4S2. The highest BCUT2D eigenvalue weighted by molar-refractivity contribution is 8.77. The number of nitrogens with one attached hydrogen (secondary N) is 1. The maximum atomic E-state index is 11.7. The number of carbonyl (C=O) groups excluding carboxylic acids is 1. The summed E-state index contributed by atoms with van der Waals surface area (Å²) in [5.41, 5.74) is -0.610. The summed E-state index contributed by atoms with van der Waals surface area (Å²) in [4.78, 5) is 22.4. The van der Waals surface area contributed by atoms with E-state index in [4.69, 9.17) is 9.84 Å². The second-order valence-corrected chi connectivity index (χ2v) is 8.85. The molecule has 1 rings (SSSR count). The molecule has 1 saturated heterocycles. The first kappa shape index (κ1) is 17.5. The van der Waals surface area contributed by atoms with Crippen molar-refractivity contribution in [3.63, 3.8) is 0 Å². The number of hydrogen-bond acceptors (Lipinski definition) is 5. The second kappa shape index (κ2) is 6.93. The van der Waals surface area contributed by atoms with Crippen molar-refractivity contribution >= 4 is 33.7 Å². The fourth-order valence-electron chi connectivity index (χ4n) is 2.16. The van der Waals surface area contributed by atoms with Gasteiger partial charge in [-0.3, -0.25) is 4.79 Å². The summed E-state index contributed by atoms with van der Waals surface area (Å²) >= 11 is 0. The molecule has 0 radical (unpaired) electrons. The molecule has 0 aromatic heterocycles. The van der Waals surface area contributed by atoms with Gasteiger partial charge < -0.3 is 15.2 Å². The maximum absolute atomic E-state index is 11.7. The topological polar surface area (TPSA) is 75.6 Å². The number of aliphatic carboxylic acids is 1. The van der Waals surface area contributed by atoms with Crippen LogP contribution in [0.15, 0.2) is 0 Å². The molecule has 5 nitrogen and oxygen atoms in total. The molecule has 20 heavy (non-hydrogen) atoms. The molecule has 1 amide bonds. The fraction of sp³-hybridized carbons (Fsp3) is 0.846. The summed E-state index contributed by atoms with van der Waals surface area (Å²) in [5, 5.41) is 12.1. The molecule has 1 aliphatic rings. The van der Waals surface area contributed by atoms with Crippen LogP contribution < -0.4 is 5.32 Å². The largest absolute Gasteiger partial charge is 0.480 e. The minimum atomic E-state index is -1.08. The van der Waals surface area contributed by atoms with Gasteiger partial charge in [0.1, 0.15) is 11.6 Å². The van der Waals surface area contributed by atoms with Gasteiger partial charge in [-0.15, -0.1) is 0 Å². The predicted molar refractivity (Wildman–Crippen MR) is 83.0 cm³/mol. The number of alkyl carbamates (subject to hydrolysis) is 1. The number of carboxylic acids is 1. The van der Waals surface area contributed by atoms with Crippen LogP contribution in [0.2, 0.25) is 0 Å². The number of carboxylic acid groups (broad SMARTS) is 1. The molecule has 2 unspecified atom stereocenters. The van der Waals surface area contributed by atoms with E-state index >= 15 is 0 Å². The molecule has 0 saturated carbocycles. The van der Waals surface area contributed by atoms with E-state index < -0.39 is 23.7 Å². The molecule has 1 fully saturated rings. The van der Waals surface area contributed by atoms with Gasteiger partial charge in [0.2, 0.25) is 0 Å².